The minimum atomic E-state index is -3.50. The molecule has 0 bridgehead atoms. The fraction of sp³-hybridized carbons (Fsp3) is 0.474. The molecule has 1 N–H and O–H groups in total. The largest absolute Gasteiger partial charge is 0.352 e. The molecular weight excluding hydrogens is 396 g/mol. The Kier molecular flexibility index (Phi) is 5.65. The molecule has 1 aromatic heterocycles. The van der Waals surface area contributed by atoms with Gasteiger partial charge in [0.05, 0.1) is 11.3 Å². The van der Waals surface area contributed by atoms with Gasteiger partial charge in [0.25, 0.3) is 15.9 Å². The third kappa shape index (κ3) is 4.53. The molecule has 28 heavy (non-hydrogen) atoms. The molecular formula is C19H24N4O3S2. The van der Waals surface area contributed by atoms with Crippen molar-refractivity contribution in [1.82, 2.24) is 15.1 Å². The van der Waals surface area contributed by atoms with Crippen molar-refractivity contribution < 1.29 is 13.2 Å². The van der Waals surface area contributed by atoms with Crippen molar-refractivity contribution in [2.24, 2.45) is 10.3 Å². The quantitative estimate of drug-likeness (QED) is 0.782. The molecule has 0 spiro atoms. The van der Waals surface area contributed by atoms with Gasteiger partial charge < -0.3 is 10.2 Å². The fourth-order valence-electron chi connectivity index (χ4n) is 3.81. The van der Waals surface area contributed by atoms with E-state index >= 15 is 0 Å². The summed E-state index contributed by atoms with van der Waals surface area (Å²) in [5.41, 5.74) is 0.317. The number of carbonyl (C=O) groups excluding carboxylic acids is 1. The van der Waals surface area contributed by atoms with Crippen molar-refractivity contribution in [3.63, 3.8) is 0 Å². The van der Waals surface area contributed by atoms with E-state index in [1.54, 1.807) is 34.6 Å². The summed E-state index contributed by atoms with van der Waals surface area (Å²) in [5, 5.41) is 5.09. The van der Waals surface area contributed by atoms with Crippen molar-refractivity contribution >= 4 is 33.1 Å². The van der Waals surface area contributed by atoms with Gasteiger partial charge in [0.15, 0.2) is 5.84 Å². The van der Waals surface area contributed by atoms with Crippen molar-refractivity contribution in [3.05, 3.63) is 46.3 Å². The Morgan fingerprint density at radius 3 is 3.07 bits per heavy atom. The van der Waals surface area contributed by atoms with Crippen molar-refractivity contribution in [1.29, 1.82) is 0 Å². The van der Waals surface area contributed by atoms with Crippen LogP contribution in [0.1, 0.15) is 17.7 Å². The highest BCUT2D eigenvalue weighted by Gasteiger charge is 2.30. The van der Waals surface area contributed by atoms with E-state index in [0.29, 0.717) is 24.6 Å². The van der Waals surface area contributed by atoms with Crippen LogP contribution in [-0.4, -0.2) is 61.9 Å². The highest BCUT2D eigenvalue weighted by Crippen LogP contribution is 2.21. The van der Waals surface area contributed by atoms with E-state index in [-0.39, 0.29) is 17.5 Å². The van der Waals surface area contributed by atoms with E-state index in [0.717, 1.165) is 32.5 Å². The summed E-state index contributed by atoms with van der Waals surface area (Å²) >= 11 is 1.77. The van der Waals surface area contributed by atoms with Crippen LogP contribution >= 0.6 is 11.3 Å². The number of hydrogen-bond acceptors (Lipinski definition) is 6. The lowest BCUT2D eigenvalue weighted by molar-refractivity contribution is -0.117. The number of likely N-dealkylation sites (tertiary alicyclic amines) is 1. The highest BCUT2D eigenvalue weighted by atomic mass is 32.2. The highest BCUT2D eigenvalue weighted by molar-refractivity contribution is 7.90. The number of nitrogens with one attached hydrogen (secondary N) is 1. The first-order valence-corrected chi connectivity index (χ1v) is 12.0. The van der Waals surface area contributed by atoms with Crippen LogP contribution in [0.4, 0.5) is 0 Å². The summed E-state index contributed by atoms with van der Waals surface area (Å²) in [6.07, 6.45) is 7.36. The molecule has 4 heterocycles. The van der Waals surface area contributed by atoms with Gasteiger partial charge in [-0.2, -0.15) is 0 Å². The molecule has 0 radical (unpaired) electrons. The Balaban J connectivity index is 1.35. The average Bonchev–Trinajstić information content (AvgIpc) is 3.18. The lowest BCUT2D eigenvalue weighted by atomic mass is 9.97. The molecule has 1 fully saturated rings. The summed E-state index contributed by atoms with van der Waals surface area (Å²) in [5.74, 6) is 0.332. The molecule has 4 rings (SSSR count). The molecule has 1 amide bonds. The predicted octanol–water partition coefficient (Wildman–Crippen LogP) is 1.57. The number of sulfonamides is 1. The van der Waals surface area contributed by atoms with Crippen LogP contribution in [0.25, 0.3) is 0 Å². The molecule has 3 aliphatic heterocycles. The van der Waals surface area contributed by atoms with E-state index in [2.05, 4.69) is 32.1 Å². The first kappa shape index (κ1) is 19.4. The number of hydrogen-bond donors (Lipinski definition) is 1. The Morgan fingerprint density at radius 2 is 2.25 bits per heavy atom. The van der Waals surface area contributed by atoms with Gasteiger partial charge >= 0.3 is 0 Å². The number of allylic oxidation sites excluding steroid dienone is 2. The number of thiophene rings is 1. The monoisotopic (exact) mass is 420 g/mol. The number of amides is 1. The molecule has 7 nitrogen and oxygen atoms in total. The zero-order chi connectivity index (χ0) is 19.6. The lowest BCUT2D eigenvalue weighted by Gasteiger charge is -2.33. The van der Waals surface area contributed by atoms with Gasteiger partial charge in [0, 0.05) is 37.3 Å². The third-order valence-electron chi connectivity index (χ3n) is 5.22. The summed E-state index contributed by atoms with van der Waals surface area (Å²) in [6, 6.07) is 4.23. The Labute approximate surface area is 169 Å². The van der Waals surface area contributed by atoms with Crippen LogP contribution in [0.15, 0.2) is 45.8 Å². The standard InChI is InChI=1S/C19H24N4O3S2/c24-19(17-6-2-8-23-9-11-28(25,26)21-18(17)23)20-12-15-4-1-7-22(13-15)14-16-5-3-10-27-16/h2-3,5-6,8,10,15H,1,4,7,9,11-14H2,(H,20,24). The summed E-state index contributed by atoms with van der Waals surface area (Å²) < 4.78 is 27.5. The lowest BCUT2D eigenvalue weighted by Crippen LogP contribution is -2.44. The van der Waals surface area contributed by atoms with Gasteiger partial charge in [0.2, 0.25) is 0 Å². The molecule has 150 valence electrons. The van der Waals surface area contributed by atoms with Crippen molar-refractivity contribution in [2.45, 2.75) is 19.4 Å². The van der Waals surface area contributed by atoms with E-state index < -0.39 is 10.0 Å². The number of piperidine rings is 1. The molecule has 1 atom stereocenters. The maximum Gasteiger partial charge on any atom is 0.256 e. The van der Waals surface area contributed by atoms with Crippen molar-refractivity contribution in [3.8, 4) is 0 Å². The van der Waals surface area contributed by atoms with E-state index in [9.17, 15) is 13.2 Å². The van der Waals surface area contributed by atoms with Crippen molar-refractivity contribution in [2.75, 3.05) is 31.9 Å². The van der Waals surface area contributed by atoms with E-state index in [1.807, 2.05) is 0 Å². The van der Waals surface area contributed by atoms with Crippen LogP contribution in [0.2, 0.25) is 0 Å². The summed E-state index contributed by atoms with van der Waals surface area (Å²) in [4.78, 5) is 18.2. The number of fused-ring (bicyclic) bond motifs is 1. The van der Waals surface area contributed by atoms with Gasteiger partial charge in [-0.25, -0.2) is 8.42 Å². The SMILES string of the molecule is O=C(NCC1CCCN(Cc2cccs2)C1)C1=CC=CN2CCS(=O)(=O)N=C12. The van der Waals surface area contributed by atoms with Gasteiger partial charge in [-0.05, 0) is 48.9 Å². The number of amidine groups is 1. The van der Waals surface area contributed by atoms with E-state index in [4.69, 9.17) is 0 Å². The minimum absolute atomic E-state index is 0.0299. The molecule has 0 saturated carbocycles. The smallest absolute Gasteiger partial charge is 0.256 e. The first-order valence-electron chi connectivity index (χ1n) is 9.51. The maximum atomic E-state index is 12.7. The topological polar surface area (TPSA) is 82.1 Å². The molecule has 9 heteroatoms. The summed E-state index contributed by atoms with van der Waals surface area (Å²) in [6.45, 7) is 3.91. The zero-order valence-corrected chi connectivity index (χ0v) is 17.2. The number of nitrogens with zero attached hydrogens (tertiary/aromatic N) is 3. The normalized spacial score (nSPS) is 24.3. The Morgan fingerprint density at radius 1 is 1.36 bits per heavy atom. The second-order valence-corrected chi connectivity index (χ2v) is 10.1. The molecule has 0 aromatic carbocycles. The van der Waals surface area contributed by atoms with Crippen LogP contribution in [-0.2, 0) is 21.4 Å². The molecule has 1 saturated heterocycles. The minimum Gasteiger partial charge on any atom is -0.352 e. The van der Waals surface area contributed by atoms with Crippen LogP contribution in [0.5, 0.6) is 0 Å². The molecule has 3 aliphatic rings. The van der Waals surface area contributed by atoms with Crippen LogP contribution < -0.4 is 5.32 Å². The Hall–Kier alpha value is -1.97. The van der Waals surface area contributed by atoms with Gasteiger partial charge in [0.1, 0.15) is 0 Å². The van der Waals surface area contributed by atoms with Gasteiger partial charge in [-0.3, -0.25) is 9.69 Å². The predicted molar refractivity (Wildman–Crippen MR) is 110 cm³/mol. The van der Waals surface area contributed by atoms with E-state index in [1.165, 1.54) is 4.88 Å². The van der Waals surface area contributed by atoms with Gasteiger partial charge in [-0.15, -0.1) is 15.7 Å². The van der Waals surface area contributed by atoms with Crippen LogP contribution in [0.3, 0.4) is 0 Å². The Bertz CT molecular complexity index is 919. The molecule has 1 aromatic rings. The average molecular weight is 421 g/mol. The third-order valence-corrected chi connectivity index (χ3v) is 7.23. The fourth-order valence-corrected chi connectivity index (χ4v) is 5.54. The maximum absolute atomic E-state index is 12.7. The summed E-state index contributed by atoms with van der Waals surface area (Å²) in [7, 11) is -3.50. The molecule has 1 unspecified atom stereocenters. The second kappa shape index (κ2) is 8.18. The first-order chi connectivity index (χ1) is 13.5. The number of carbonyl (C=O) groups is 1. The van der Waals surface area contributed by atoms with Gasteiger partial charge in [-0.1, -0.05) is 6.07 Å². The van der Waals surface area contributed by atoms with Crippen LogP contribution in [0, 0.1) is 5.92 Å². The second-order valence-electron chi connectivity index (χ2n) is 7.35. The molecule has 0 aliphatic carbocycles. The zero-order valence-electron chi connectivity index (χ0n) is 15.6. The number of rotatable bonds is 5.